The summed E-state index contributed by atoms with van der Waals surface area (Å²) < 4.78 is 2.15. The van der Waals surface area contributed by atoms with Crippen LogP contribution in [0.3, 0.4) is 0 Å². The van der Waals surface area contributed by atoms with Crippen LogP contribution in [0.25, 0.3) is 0 Å². The molecule has 0 spiro atoms. The van der Waals surface area contributed by atoms with Gasteiger partial charge in [0, 0.05) is 36.5 Å². The number of anilines is 1. The number of thiazole rings is 1. The van der Waals surface area contributed by atoms with Crippen LogP contribution in [0.5, 0.6) is 0 Å². The van der Waals surface area contributed by atoms with E-state index in [-0.39, 0.29) is 5.91 Å². The van der Waals surface area contributed by atoms with Gasteiger partial charge < -0.3 is 4.57 Å². The van der Waals surface area contributed by atoms with E-state index in [1.165, 1.54) is 33.5 Å². The van der Waals surface area contributed by atoms with Gasteiger partial charge in [0.05, 0.1) is 5.75 Å². The third-order valence-corrected chi connectivity index (χ3v) is 7.25. The molecule has 30 heavy (non-hydrogen) atoms. The van der Waals surface area contributed by atoms with Gasteiger partial charge in [0.2, 0.25) is 5.91 Å². The maximum atomic E-state index is 12.6. The SMILES string of the molecule is CN(C(=O)CSc1nnc(Cc2cccs2)n1CCc1ccccc1)c1nccs1. The summed E-state index contributed by atoms with van der Waals surface area (Å²) in [6, 6.07) is 14.5. The minimum absolute atomic E-state index is 0.00707. The van der Waals surface area contributed by atoms with Crippen LogP contribution in [0, 0.1) is 0 Å². The molecule has 0 aliphatic heterocycles. The van der Waals surface area contributed by atoms with Crippen LogP contribution < -0.4 is 4.90 Å². The molecule has 4 rings (SSSR count). The van der Waals surface area contributed by atoms with E-state index in [1.54, 1.807) is 29.5 Å². The fourth-order valence-corrected chi connectivity index (χ4v) is 5.17. The first-order valence-electron chi connectivity index (χ1n) is 9.48. The number of aryl methyl sites for hydroxylation is 1. The number of thiophene rings is 1. The van der Waals surface area contributed by atoms with Crippen molar-refractivity contribution in [1.82, 2.24) is 19.7 Å². The van der Waals surface area contributed by atoms with E-state index in [0.29, 0.717) is 10.9 Å². The van der Waals surface area contributed by atoms with Crippen molar-refractivity contribution < 1.29 is 4.79 Å². The van der Waals surface area contributed by atoms with Gasteiger partial charge in [-0.15, -0.1) is 32.9 Å². The third-order valence-electron chi connectivity index (χ3n) is 4.58. The maximum Gasteiger partial charge on any atom is 0.238 e. The topological polar surface area (TPSA) is 63.9 Å². The summed E-state index contributed by atoms with van der Waals surface area (Å²) in [5, 5.41) is 14.3. The summed E-state index contributed by atoms with van der Waals surface area (Å²) in [7, 11) is 1.75. The zero-order valence-electron chi connectivity index (χ0n) is 16.5. The third kappa shape index (κ3) is 5.16. The molecule has 0 radical (unpaired) electrons. The molecule has 3 aromatic heterocycles. The number of nitrogens with zero attached hydrogens (tertiary/aromatic N) is 5. The molecule has 3 heterocycles. The second kappa shape index (κ2) is 10.0. The first kappa shape index (κ1) is 20.8. The number of hydrogen-bond donors (Lipinski definition) is 0. The summed E-state index contributed by atoms with van der Waals surface area (Å²) in [5.41, 5.74) is 1.27. The lowest BCUT2D eigenvalue weighted by molar-refractivity contribution is -0.115. The fourth-order valence-electron chi connectivity index (χ4n) is 2.95. The number of amides is 1. The monoisotopic (exact) mass is 455 g/mol. The molecule has 9 heteroatoms. The number of benzene rings is 1. The smallest absolute Gasteiger partial charge is 0.238 e. The second-order valence-corrected chi connectivity index (χ2v) is 9.45. The number of aromatic nitrogens is 4. The normalized spacial score (nSPS) is 11.0. The Kier molecular flexibility index (Phi) is 6.93. The van der Waals surface area contributed by atoms with Gasteiger partial charge in [-0.2, -0.15) is 0 Å². The summed E-state index contributed by atoms with van der Waals surface area (Å²) in [6.45, 7) is 0.774. The highest BCUT2D eigenvalue weighted by Gasteiger charge is 2.18. The molecule has 4 aromatic rings. The molecule has 154 valence electrons. The first-order chi connectivity index (χ1) is 14.7. The number of rotatable bonds is 9. The highest BCUT2D eigenvalue weighted by molar-refractivity contribution is 7.99. The summed E-state index contributed by atoms with van der Waals surface area (Å²) >= 11 is 4.59. The highest BCUT2D eigenvalue weighted by Crippen LogP contribution is 2.23. The molecule has 0 atom stereocenters. The molecule has 1 amide bonds. The van der Waals surface area contributed by atoms with E-state index in [1.807, 2.05) is 17.5 Å². The highest BCUT2D eigenvalue weighted by atomic mass is 32.2. The van der Waals surface area contributed by atoms with Crippen LogP contribution in [-0.4, -0.2) is 38.5 Å². The number of carbonyl (C=O) groups is 1. The quantitative estimate of drug-likeness (QED) is 0.350. The van der Waals surface area contributed by atoms with Gasteiger partial charge in [0.1, 0.15) is 5.82 Å². The number of hydrogen-bond acceptors (Lipinski definition) is 7. The van der Waals surface area contributed by atoms with Crippen molar-refractivity contribution in [3.8, 4) is 0 Å². The standard InChI is InChI=1S/C21H21N5OS3/c1-25(20-22-10-13-29-20)19(27)15-30-21-24-23-18(14-17-8-5-12-28-17)26(21)11-9-16-6-3-2-4-7-16/h2-8,10,12-13H,9,11,14-15H2,1H3. The summed E-state index contributed by atoms with van der Waals surface area (Å²) in [4.78, 5) is 19.6. The van der Waals surface area contributed by atoms with Gasteiger partial charge in [-0.25, -0.2) is 4.98 Å². The lowest BCUT2D eigenvalue weighted by Gasteiger charge is -2.14. The predicted molar refractivity (Wildman–Crippen MR) is 124 cm³/mol. The predicted octanol–water partition coefficient (Wildman–Crippen LogP) is 4.38. The van der Waals surface area contributed by atoms with Crippen molar-refractivity contribution in [3.05, 3.63) is 75.7 Å². The molecular formula is C21H21N5OS3. The van der Waals surface area contributed by atoms with Gasteiger partial charge >= 0.3 is 0 Å². The number of thioether (sulfide) groups is 1. The van der Waals surface area contributed by atoms with Crippen molar-refractivity contribution >= 4 is 45.5 Å². The van der Waals surface area contributed by atoms with E-state index in [4.69, 9.17) is 0 Å². The van der Waals surface area contributed by atoms with Crippen LogP contribution in [0.15, 0.2) is 64.6 Å². The molecule has 0 bridgehead atoms. The van der Waals surface area contributed by atoms with Crippen molar-refractivity contribution in [3.63, 3.8) is 0 Å². The average molecular weight is 456 g/mol. The van der Waals surface area contributed by atoms with Crippen LogP contribution >= 0.6 is 34.4 Å². The van der Waals surface area contributed by atoms with E-state index in [2.05, 4.69) is 55.5 Å². The van der Waals surface area contributed by atoms with Crippen LogP contribution in [0.2, 0.25) is 0 Å². The van der Waals surface area contributed by atoms with E-state index < -0.39 is 0 Å². The molecule has 0 saturated carbocycles. The number of carbonyl (C=O) groups excluding carboxylic acids is 1. The zero-order chi connectivity index (χ0) is 20.8. The van der Waals surface area contributed by atoms with E-state index in [0.717, 1.165) is 30.4 Å². The maximum absolute atomic E-state index is 12.6. The Labute approximate surface area is 187 Å². The summed E-state index contributed by atoms with van der Waals surface area (Å²) in [6.07, 6.45) is 3.33. The molecule has 6 nitrogen and oxygen atoms in total. The average Bonchev–Trinajstić information content (AvgIpc) is 3.54. The molecule has 0 saturated heterocycles. The molecule has 0 aliphatic rings. The Hall–Kier alpha value is -2.49. The lowest BCUT2D eigenvalue weighted by Crippen LogP contribution is -2.27. The van der Waals surface area contributed by atoms with Gasteiger partial charge in [-0.05, 0) is 23.4 Å². The molecule has 0 N–H and O–H groups in total. The molecule has 0 unspecified atom stereocenters. The van der Waals surface area contributed by atoms with E-state index in [9.17, 15) is 4.79 Å². The Morgan fingerprint density at radius 3 is 2.70 bits per heavy atom. The van der Waals surface area contributed by atoms with Crippen molar-refractivity contribution in [2.75, 3.05) is 17.7 Å². The van der Waals surface area contributed by atoms with Crippen LogP contribution in [-0.2, 0) is 24.2 Å². The second-order valence-electron chi connectivity index (χ2n) is 6.60. The molecule has 0 fully saturated rings. The van der Waals surface area contributed by atoms with Gasteiger partial charge in [0.15, 0.2) is 10.3 Å². The van der Waals surface area contributed by atoms with Gasteiger partial charge in [-0.1, -0.05) is 48.2 Å². The van der Waals surface area contributed by atoms with Crippen molar-refractivity contribution in [1.29, 1.82) is 0 Å². The minimum Gasteiger partial charge on any atom is -0.305 e. The largest absolute Gasteiger partial charge is 0.305 e. The Balaban J connectivity index is 1.48. The zero-order valence-corrected chi connectivity index (χ0v) is 18.9. The minimum atomic E-state index is -0.00707. The Morgan fingerprint density at radius 1 is 1.10 bits per heavy atom. The Morgan fingerprint density at radius 2 is 1.97 bits per heavy atom. The van der Waals surface area contributed by atoms with Crippen molar-refractivity contribution in [2.45, 2.75) is 24.5 Å². The first-order valence-corrected chi connectivity index (χ1v) is 12.2. The Bertz CT molecular complexity index is 1060. The molecule has 1 aromatic carbocycles. The van der Waals surface area contributed by atoms with Crippen molar-refractivity contribution in [2.24, 2.45) is 0 Å². The van der Waals surface area contributed by atoms with Gasteiger partial charge in [0.25, 0.3) is 0 Å². The van der Waals surface area contributed by atoms with Crippen LogP contribution in [0.4, 0.5) is 5.13 Å². The molecular weight excluding hydrogens is 434 g/mol. The molecule has 0 aliphatic carbocycles. The summed E-state index contributed by atoms with van der Waals surface area (Å²) in [5.74, 6) is 1.21. The van der Waals surface area contributed by atoms with Crippen LogP contribution in [0.1, 0.15) is 16.3 Å². The van der Waals surface area contributed by atoms with Gasteiger partial charge in [-0.3, -0.25) is 9.69 Å². The van der Waals surface area contributed by atoms with E-state index >= 15 is 0 Å². The lowest BCUT2D eigenvalue weighted by atomic mass is 10.1. The fraction of sp³-hybridized carbons (Fsp3) is 0.238.